The maximum atomic E-state index is 13.3. The third-order valence-electron chi connectivity index (χ3n) is 4.12. The van der Waals surface area contributed by atoms with Gasteiger partial charge in [0.15, 0.2) is 6.10 Å². The van der Waals surface area contributed by atoms with E-state index >= 15 is 0 Å². The fraction of sp³-hybridized carbons (Fsp3) is 0.381. The molecule has 31 heavy (non-hydrogen) atoms. The molecular weight excluding hydrogens is 415 g/mol. The summed E-state index contributed by atoms with van der Waals surface area (Å²) >= 11 is 0. The number of nitrogens with zero attached hydrogens (tertiary/aromatic N) is 2. The molecule has 168 valence electrons. The van der Waals surface area contributed by atoms with E-state index in [-0.39, 0.29) is 30.4 Å². The van der Waals surface area contributed by atoms with Crippen LogP contribution < -0.4 is 15.0 Å². The molecule has 0 aliphatic heterocycles. The molecule has 0 fully saturated rings. The average molecular weight is 439 g/mol. The number of carbonyl (C=O) groups excluding carboxylic acids is 2. The number of halogens is 3. The molecule has 1 heterocycles. The summed E-state index contributed by atoms with van der Waals surface area (Å²) in [5.41, 5.74) is -0.312. The lowest BCUT2D eigenvalue weighted by atomic mass is 10.1. The molecule has 0 aliphatic rings. The van der Waals surface area contributed by atoms with Crippen LogP contribution in [-0.2, 0) is 20.5 Å². The highest BCUT2D eigenvalue weighted by Crippen LogP contribution is 2.34. The number of anilines is 1. The number of esters is 1. The summed E-state index contributed by atoms with van der Waals surface area (Å²) in [6, 6.07) is 8.18. The SMILES string of the molecule is CCOC(=O)CNC(=O)[C@@H](C)Oc1cccc(-c2cc(C(F)(F)F)cc(N(C)C)n2)c1. The maximum Gasteiger partial charge on any atom is 0.416 e. The van der Waals surface area contributed by atoms with E-state index < -0.39 is 29.7 Å². The van der Waals surface area contributed by atoms with Crippen molar-refractivity contribution < 1.29 is 32.2 Å². The van der Waals surface area contributed by atoms with Crippen molar-refractivity contribution in [2.24, 2.45) is 0 Å². The number of pyridine rings is 1. The molecule has 1 aromatic carbocycles. The molecule has 0 bridgehead atoms. The Morgan fingerprint density at radius 2 is 1.90 bits per heavy atom. The quantitative estimate of drug-likeness (QED) is 0.636. The Morgan fingerprint density at radius 3 is 2.52 bits per heavy atom. The smallest absolute Gasteiger partial charge is 0.416 e. The van der Waals surface area contributed by atoms with Gasteiger partial charge in [-0.25, -0.2) is 4.98 Å². The average Bonchev–Trinajstić information content (AvgIpc) is 2.71. The molecule has 0 saturated heterocycles. The van der Waals surface area contributed by atoms with Crippen molar-refractivity contribution in [2.75, 3.05) is 32.1 Å². The summed E-state index contributed by atoms with van der Waals surface area (Å²) in [4.78, 5) is 29.2. The van der Waals surface area contributed by atoms with Crippen LogP contribution >= 0.6 is 0 Å². The van der Waals surface area contributed by atoms with Crippen LogP contribution in [0.2, 0.25) is 0 Å². The zero-order valence-corrected chi connectivity index (χ0v) is 17.6. The highest BCUT2D eigenvalue weighted by atomic mass is 19.4. The summed E-state index contributed by atoms with van der Waals surface area (Å²) in [6.07, 6.45) is -5.47. The molecule has 10 heteroatoms. The number of alkyl halides is 3. The van der Waals surface area contributed by atoms with Crippen molar-refractivity contribution in [1.82, 2.24) is 10.3 Å². The Balaban J connectivity index is 2.21. The molecule has 0 spiro atoms. The minimum atomic E-state index is -4.53. The molecule has 1 amide bonds. The standard InChI is InChI=1S/C21H24F3N3O4/c1-5-30-19(28)12-25-20(29)13(2)31-16-8-6-7-14(9-16)17-10-15(21(22,23)24)11-18(26-17)27(3)4/h6-11,13H,5,12H2,1-4H3,(H,25,29)/t13-/m1/s1. The first-order chi connectivity index (χ1) is 14.5. The minimum Gasteiger partial charge on any atom is -0.481 e. The van der Waals surface area contributed by atoms with Crippen molar-refractivity contribution in [3.05, 3.63) is 42.0 Å². The molecule has 1 atom stereocenters. The monoisotopic (exact) mass is 439 g/mol. The van der Waals surface area contributed by atoms with E-state index in [1.54, 1.807) is 39.2 Å². The number of hydrogen-bond acceptors (Lipinski definition) is 6. The third kappa shape index (κ3) is 6.87. The number of rotatable bonds is 8. The van der Waals surface area contributed by atoms with Gasteiger partial charge in [0.1, 0.15) is 18.1 Å². The van der Waals surface area contributed by atoms with Gasteiger partial charge in [0.2, 0.25) is 0 Å². The number of ether oxygens (including phenoxy) is 2. The van der Waals surface area contributed by atoms with Crippen LogP contribution in [0.4, 0.5) is 19.0 Å². The van der Waals surface area contributed by atoms with E-state index in [0.717, 1.165) is 12.1 Å². The summed E-state index contributed by atoms with van der Waals surface area (Å²) in [7, 11) is 3.20. The van der Waals surface area contributed by atoms with Crippen molar-refractivity contribution in [2.45, 2.75) is 26.1 Å². The van der Waals surface area contributed by atoms with Crippen molar-refractivity contribution in [3.63, 3.8) is 0 Å². The lowest BCUT2D eigenvalue weighted by molar-refractivity contribution is -0.144. The van der Waals surface area contributed by atoms with E-state index in [0.29, 0.717) is 5.56 Å². The van der Waals surface area contributed by atoms with Gasteiger partial charge in [0.05, 0.1) is 17.9 Å². The Morgan fingerprint density at radius 1 is 1.19 bits per heavy atom. The van der Waals surface area contributed by atoms with Gasteiger partial charge in [0, 0.05) is 19.7 Å². The molecule has 1 aromatic heterocycles. The Bertz CT molecular complexity index is 932. The lowest BCUT2D eigenvalue weighted by Gasteiger charge is -2.17. The first kappa shape index (κ1) is 24.0. The highest BCUT2D eigenvalue weighted by molar-refractivity contribution is 5.85. The highest BCUT2D eigenvalue weighted by Gasteiger charge is 2.32. The molecule has 2 rings (SSSR count). The molecule has 0 radical (unpaired) electrons. The van der Waals surface area contributed by atoms with Gasteiger partial charge in [0.25, 0.3) is 5.91 Å². The maximum absolute atomic E-state index is 13.3. The number of nitrogens with one attached hydrogen (secondary N) is 1. The number of hydrogen-bond donors (Lipinski definition) is 1. The first-order valence-corrected chi connectivity index (χ1v) is 9.48. The van der Waals surface area contributed by atoms with Crippen LogP contribution in [0, 0.1) is 0 Å². The fourth-order valence-electron chi connectivity index (χ4n) is 2.56. The Labute approximate surface area is 178 Å². The van der Waals surface area contributed by atoms with Crippen LogP contribution in [0.25, 0.3) is 11.3 Å². The van der Waals surface area contributed by atoms with Gasteiger partial charge in [-0.2, -0.15) is 13.2 Å². The van der Waals surface area contributed by atoms with Crippen molar-refractivity contribution in [1.29, 1.82) is 0 Å². The Kier molecular flexibility index (Phi) is 7.84. The molecule has 0 aliphatic carbocycles. The molecule has 0 unspecified atom stereocenters. The van der Waals surface area contributed by atoms with Gasteiger partial charge in [-0.1, -0.05) is 12.1 Å². The van der Waals surface area contributed by atoms with Crippen molar-refractivity contribution >= 4 is 17.7 Å². The number of aromatic nitrogens is 1. The first-order valence-electron chi connectivity index (χ1n) is 9.48. The Hall–Kier alpha value is -3.30. The fourth-order valence-corrected chi connectivity index (χ4v) is 2.56. The second-order valence-corrected chi connectivity index (χ2v) is 6.80. The van der Waals surface area contributed by atoms with Gasteiger partial charge in [-0.15, -0.1) is 0 Å². The van der Waals surface area contributed by atoms with E-state index in [9.17, 15) is 22.8 Å². The lowest BCUT2D eigenvalue weighted by Crippen LogP contribution is -2.39. The molecular formula is C21H24F3N3O4. The second-order valence-electron chi connectivity index (χ2n) is 6.80. The van der Waals surface area contributed by atoms with E-state index in [1.165, 1.54) is 17.9 Å². The topological polar surface area (TPSA) is 80.8 Å². The van der Waals surface area contributed by atoms with Crippen LogP contribution in [0.5, 0.6) is 5.75 Å². The van der Waals surface area contributed by atoms with Gasteiger partial charge >= 0.3 is 12.1 Å². The second kappa shape index (κ2) is 10.1. The molecule has 7 nitrogen and oxygen atoms in total. The van der Waals surface area contributed by atoms with Crippen molar-refractivity contribution in [3.8, 4) is 17.0 Å². The van der Waals surface area contributed by atoms with E-state index in [4.69, 9.17) is 9.47 Å². The summed E-state index contributed by atoms with van der Waals surface area (Å²) < 4.78 is 50.2. The molecule has 0 saturated carbocycles. The van der Waals surface area contributed by atoms with Crippen LogP contribution in [0.1, 0.15) is 19.4 Å². The van der Waals surface area contributed by atoms with Crippen LogP contribution in [0.3, 0.4) is 0 Å². The van der Waals surface area contributed by atoms with E-state index in [2.05, 4.69) is 10.3 Å². The molecule has 2 aromatic rings. The zero-order chi connectivity index (χ0) is 23.2. The predicted molar refractivity (Wildman–Crippen MR) is 109 cm³/mol. The number of benzene rings is 1. The predicted octanol–water partition coefficient (Wildman–Crippen LogP) is 3.28. The summed E-state index contributed by atoms with van der Waals surface area (Å²) in [5.74, 6) is -0.687. The minimum absolute atomic E-state index is 0.114. The number of amides is 1. The summed E-state index contributed by atoms with van der Waals surface area (Å²) in [5, 5.41) is 2.40. The van der Waals surface area contributed by atoms with Gasteiger partial charge in [-0.3, -0.25) is 9.59 Å². The zero-order valence-electron chi connectivity index (χ0n) is 17.6. The van der Waals surface area contributed by atoms with E-state index in [1.807, 2.05) is 0 Å². The van der Waals surface area contributed by atoms with Gasteiger partial charge in [-0.05, 0) is 38.1 Å². The largest absolute Gasteiger partial charge is 0.481 e. The normalized spacial score (nSPS) is 12.1. The van der Waals surface area contributed by atoms with Crippen LogP contribution in [0.15, 0.2) is 36.4 Å². The third-order valence-corrected chi connectivity index (χ3v) is 4.12. The number of carbonyl (C=O) groups is 2. The summed E-state index contributed by atoms with van der Waals surface area (Å²) in [6.45, 7) is 3.05. The molecule has 1 N–H and O–H groups in total. The van der Waals surface area contributed by atoms with Crippen LogP contribution in [-0.4, -0.2) is 50.2 Å². The van der Waals surface area contributed by atoms with Gasteiger partial charge < -0.3 is 19.7 Å².